The molecule has 0 bridgehead atoms. The highest BCUT2D eigenvalue weighted by atomic mass is 19.1. The third kappa shape index (κ3) is 4.21. The molecule has 0 radical (unpaired) electrons. The van der Waals surface area contributed by atoms with Gasteiger partial charge in [0.2, 0.25) is 11.8 Å². The molecule has 0 aliphatic heterocycles. The van der Waals surface area contributed by atoms with Crippen LogP contribution in [-0.2, 0) is 19.0 Å². The number of hydrogen-bond donors (Lipinski definition) is 2. The summed E-state index contributed by atoms with van der Waals surface area (Å²) >= 11 is 0. The van der Waals surface area contributed by atoms with Gasteiger partial charge in [-0.25, -0.2) is 14.4 Å². The van der Waals surface area contributed by atoms with Gasteiger partial charge in [0.15, 0.2) is 11.6 Å². The van der Waals surface area contributed by atoms with Crippen LogP contribution in [0.3, 0.4) is 0 Å². The summed E-state index contributed by atoms with van der Waals surface area (Å²) < 4.78 is 22.1. The lowest BCUT2D eigenvalue weighted by Crippen LogP contribution is -2.24. The molecule has 34 heavy (non-hydrogen) atoms. The van der Waals surface area contributed by atoms with E-state index in [0.29, 0.717) is 22.8 Å². The molecule has 1 aromatic carbocycles. The number of carbonyl (C=O) groups is 1. The Morgan fingerprint density at radius 3 is 2.79 bits per heavy atom. The Balaban J connectivity index is 1.29. The van der Waals surface area contributed by atoms with Crippen molar-refractivity contribution in [1.82, 2.24) is 40.2 Å². The predicted octanol–water partition coefficient (Wildman–Crippen LogP) is 2.83. The van der Waals surface area contributed by atoms with Gasteiger partial charge in [0.1, 0.15) is 12.1 Å². The summed E-state index contributed by atoms with van der Waals surface area (Å²) in [6.07, 6.45) is 5.00. The van der Waals surface area contributed by atoms with Gasteiger partial charge >= 0.3 is 0 Å². The van der Waals surface area contributed by atoms with E-state index in [0.717, 1.165) is 12.8 Å². The van der Waals surface area contributed by atoms with E-state index in [4.69, 9.17) is 4.52 Å². The second-order valence-corrected chi connectivity index (χ2v) is 8.51. The van der Waals surface area contributed by atoms with E-state index in [1.165, 1.54) is 6.33 Å². The van der Waals surface area contributed by atoms with E-state index < -0.39 is 11.7 Å². The van der Waals surface area contributed by atoms with E-state index in [1.807, 2.05) is 6.92 Å². The maximum atomic E-state index is 15.2. The van der Waals surface area contributed by atoms with Crippen molar-refractivity contribution < 1.29 is 13.7 Å². The summed E-state index contributed by atoms with van der Waals surface area (Å²) in [4.78, 5) is 29.1. The zero-order valence-electron chi connectivity index (χ0n) is 18.8. The molecule has 3 aromatic heterocycles. The topological polar surface area (TPSA) is 137 Å². The molecule has 2 N–H and O–H groups in total. The molecule has 174 valence electrons. The van der Waals surface area contributed by atoms with E-state index in [1.54, 1.807) is 43.0 Å². The Morgan fingerprint density at radius 2 is 2.06 bits per heavy atom. The molecule has 12 heteroatoms. The first-order valence-electron chi connectivity index (χ1n) is 10.7. The molecule has 1 aliphatic carbocycles. The lowest BCUT2D eigenvalue weighted by atomic mass is 10.0. The molecule has 0 saturated heterocycles. The molecule has 1 aliphatic rings. The molecule has 4 aromatic rings. The summed E-state index contributed by atoms with van der Waals surface area (Å²) in [6, 6.07) is 5.06. The quantitative estimate of drug-likeness (QED) is 0.424. The van der Waals surface area contributed by atoms with Crippen molar-refractivity contribution in [3.05, 3.63) is 59.4 Å². The van der Waals surface area contributed by atoms with Gasteiger partial charge in [0.05, 0.1) is 5.56 Å². The number of anilines is 2. The smallest absolute Gasteiger partial charge is 0.292 e. The number of rotatable bonds is 7. The highest BCUT2D eigenvalue weighted by Gasteiger charge is 2.44. The number of aryl methyl sites for hydroxylation is 1. The molecule has 0 atom stereocenters. The molecule has 0 unspecified atom stereocenters. The molecule has 3 heterocycles. The molecule has 5 rings (SSSR count). The number of amides is 1. The van der Waals surface area contributed by atoms with Crippen LogP contribution in [0.4, 0.5) is 16.2 Å². The van der Waals surface area contributed by atoms with Crippen molar-refractivity contribution in [1.29, 1.82) is 0 Å². The van der Waals surface area contributed by atoms with Crippen LogP contribution in [0.1, 0.15) is 47.4 Å². The summed E-state index contributed by atoms with van der Waals surface area (Å²) in [5.41, 5.74) is 1.08. The summed E-state index contributed by atoms with van der Waals surface area (Å²) in [5.74, 6) is 0.460. The van der Waals surface area contributed by atoms with Crippen molar-refractivity contribution in [2.45, 2.75) is 38.6 Å². The summed E-state index contributed by atoms with van der Waals surface area (Å²) in [7, 11) is 1.79. The van der Waals surface area contributed by atoms with Gasteiger partial charge in [-0.1, -0.05) is 18.1 Å². The maximum Gasteiger partial charge on any atom is 0.292 e. The lowest BCUT2D eigenvalue weighted by molar-refractivity contribution is 0.0937. The average molecular weight is 463 g/mol. The van der Waals surface area contributed by atoms with Crippen LogP contribution < -0.4 is 10.6 Å². The number of nitrogens with zero attached hydrogens (tertiary/aromatic N) is 7. The predicted molar refractivity (Wildman–Crippen MR) is 119 cm³/mol. The maximum absolute atomic E-state index is 15.2. The van der Waals surface area contributed by atoms with Gasteiger partial charge in [0.25, 0.3) is 11.7 Å². The number of aromatic nitrogens is 7. The van der Waals surface area contributed by atoms with Crippen molar-refractivity contribution in [3.63, 3.8) is 0 Å². The minimum Gasteiger partial charge on any atom is -0.345 e. The van der Waals surface area contributed by atoms with Crippen LogP contribution in [-0.4, -0.2) is 40.8 Å². The molecule has 1 saturated carbocycles. The Bertz CT molecular complexity index is 1380. The average Bonchev–Trinajstić information content (AvgIpc) is 3.20. The van der Waals surface area contributed by atoms with Crippen LogP contribution in [0.2, 0.25) is 0 Å². The number of benzene rings is 1. The first-order valence-corrected chi connectivity index (χ1v) is 10.7. The Kier molecular flexibility index (Phi) is 5.27. The second kappa shape index (κ2) is 8.28. The summed E-state index contributed by atoms with van der Waals surface area (Å²) in [5, 5.41) is 13.6. The fourth-order valence-electron chi connectivity index (χ4n) is 3.39. The first kappa shape index (κ1) is 21.6. The van der Waals surface area contributed by atoms with Crippen molar-refractivity contribution in [2.75, 3.05) is 5.32 Å². The van der Waals surface area contributed by atoms with Crippen LogP contribution in [0, 0.1) is 12.7 Å². The van der Waals surface area contributed by atoms with E-state index in [9.17, 15) is 4.79 Å². The minimum absolute atomic E-state index is 0.0315. The molecular weight excluding hydrogens is 441 g/mol. The SMILES string of the molecule is Cc1c(CNC(=O)c2noc(C3(C)CC3)n2)ccc(-c2ncnc(Nc3ccn(C)n3)n2)c1F. The van der Waals surface area contributed by atoms with Crippen LogP contribution in [0.25, 0.3) is 11.4 Å². The van der Waals surface area contributed by atoms with E-state index >= 15 is 4.39 Å². The molecule has 1 fully saturated rings. The first-order chi connectivity index (χ1) is 16.3. The zero-order valence-corrected chi connectivity index (χ0v) is 18.8. The largest absolute Gasteiger partial charge is 0.345 e. The highest BCUT2D eigenvalue weighted by molar-refractivity contribution is 5.90. The van der Waals surface area contributed by atoms with Gasteiger partial charge in [-0.05, 0) is 37.0 Å². The van der Waals surface area contributed by atoms with Gasteiger partial charge in [-0.3, -0.25) is 9.48 Å². The monoisotopic (exact) mass is 463 g/mol. The lowest BCUT2D eigenvalue weighted by Gasteiger charge is -2.11. The second-order valence-electron chi connectivity index (χ2n) is 8.51. The van der Waals surface area contributed by atoms with Gasteiger partial charge in [-0.2, -0.15) is 15.1 Å². The number of nitrogens with one attached hydrogen (secondary N) is 2. The standard InChI is InChI=1S/C22H22FN9O2/c1-12-13(10-24-19(33)18-28-20(34-31-18)22(2)7-8-22)4-5-14(16(12)23)17-25-11-26-21(29-17)27-15-6-9-32(3)30-15/h4-6,9,11H,7-8,10H2,1-3H3,(H,24,33)(H,25,26,27,29,30). The number of halogens is 1. The van der Waals surface area contributed by atoms with Gasteiger partial charge < -0.3 is 15.2 Å². The summed E-state index contributed by atoms with van der Waals surface area (Å²) in [6.45, 7) is 3.75. The van der Waals surface area contributed by atoms with Crippen molar-refractivity contribution >= 4 is 17.7 Å². The molecule has 11 nitrogen and oxygen atoms in total. The van der Waals surface area contributed by atoms with Gasteiger partial charge in [0, 0.05) is 31.3 Å². The zero-order chi connectivity index (χ0) is 23.9. The third-order valence-electron chi connectivity index (χ3n) is 5.85. The normalized spacial score (nSPS) is 14.1. The van der Waals surface area contributed by atoms with Gasteiger partial charge in [-0.15, -0.1) is 0 Å². The molecular formula is C22H22FN9O2. The van der Waals surface area contributed by atoms with Crippen molar-refractivity contribution in [2.24, 2.45) is 7.05 Å². The third-order valence-corrected chi connectivity index (χ3v) is 5.85. The van der Waals surface area contributed by atoms with E-state index in [-0.39, 0.29) is 35.1 Å². The number of hydrogen-bond acceptors (Lipinski definition) is 9. The Hall–Kier alpha value is -4.22. The highest BCUT2D eigenvalue weighted by Crippen LogP contribution is 2.46. The Morgan fingerprint density at radius 1 is 1.24 bits per heavy atom. The van der Waals surface area contributed by atoms with Crippen LogP contribution in [0.15, 0.2) is 35.2 Å². The molecule has 0 spiro atoms. The number of carbonyl (C=O) groups excluding carboxylic acids is 1. The Labute approximate surface area is 193 Å². The minimum atomic E-state index is -0.481. The van der Waals surface area contributed by atoms with Crippen LogP contribution >= 0.6 is 0 Å². The van der Waals surface area contributed by atoms with Crippen LogP contribution in [0.5, 0.6) is 0 Å². The van der Waals surface area contributed by atoms with E-state index in [2.05, 4.69) is 40.8 Å². The van der Waals surface area contributed by atoms with Crippen molar-refractivity contribution in [3.8, 4) is 11.4 Å². The fraction of sp³-hybridized carbons (Fsp3) is 0.318. The fourth-order valence-corrected chi connectivity index (χ4v) is 3.39. The molecule has 1 amide bonds.